The standard InChI is InChI=1S/C17H28N2O2/c1-5-18-15(12-19-10-6-7-13(19)2)14-8-9-16(20-3)17(11-14)21-4/h8-9,11,13,15,18H,5-7,10,12H2,1-4H3. The molecule has 1 saturated heterocycles. The fourth-order valence-electron chi connectivity index (χ4n) is 3.10. The van der Waals surface area contributed by atoms with Gasteiger partial charge in [-0.05, 0) is 50.6 Å². The Bertz CT molecular complexity index is 450. The largest absolute Gasteiger partial charge is 0.493 e. The Labute approximate surface area is 128 Å². The van der Waals surface area contributed by atoms with Gasteiger partial charge in [0.2, 0.25) is 0 Å². The van der Waals surface area contributed by atoms with Crippen LogP contribution in [0.25, 0.3) is 0 Å². The molecule has 2 atom stereocenters. The molecule has 4 nitrogen and oxygen atoms in total. The Balaban J connectivity index is 2.16. The Morgan fingerprint density at radius 1 is 1.29 bits per heavy atom. The minimum Gasteiger partial charge on any atom is -0.493 e. The summed E-state index contributed by atoms with van der Waals surface area (Å²) in [6, 6.07) is 7.23. The van der Waals surface area contributed by atoms with Gasteiger partial charge in [-0.2, -0.15) is 0 Å². The molecule has 2 unspecified atom stereocenters. The summed E-state index contributed by atoms with van der Waals surface area (Å²) in [6.07, 6.45) is 2.62. The average molecular weight is 292 g/mol. The van der Waals surface area contributed by atoms with Crippen molar-refractivity contribution in [3.05, 3.63) is 23.8 Å². The third kappa shape index (κ3) is 3.89. The number of hydrogen-bond acceptors (Lipinski definition) is 4. The number of likely N-dealkylation sites (tertiary alicyclic amines) is 1. The van der Waals surface area contributed by atoms with Crippen molar-refractivity contribution in [2.75, 3.05) is 33.9 Å². The van der Waals surface area contributed by atoms with E-state index in [4.69, 9.17) is 9.47 Å². The Hall–Kier alpha value is -1.26. The van der Waals surface area contributed by atoms with Crippen LogP contribution in [0.1, 0.15) is 38.3 Å². The van der Waals surface area contributed by atoms with Gasteiger partial charge in [-0.1, -0.05) is 13.0 Å². The van der Waals surface area contributed by atoms with E-state index in [-0.39, 0.29) is 0 Å². The van der Waals surface area contributed by atoms with Gasteiger partial charge in [-0.15, -0.1) is 0 Å². The van der Waals surface area contributed by atoms with Gasteiger partial charge < -0.3 is 14.8 Å². The van der Waals surface area contributed by atoms with Crippen LogP contribution in [0.3, 0.4) is 0 Å². The van der Waals surface area contributed by atoms with Crippen LogP contribution >= 0.6 is 0 Å². The van der Waals surface area contributed by atoms with Gasteiger partial charge in [-0.3, -0.25) is 4.90 Å². The Morgan fingerprint density at radius 2 is 2.05 bits per heavy atom. The fourth-order valence-corrected chi connectivity index (χ4v) is 3.10. The summed E-state index contributed by atoms with van der Waals surface area (Å²) in [5, 5.41) is 3.60. The highest BCUT2D eigenvalue weighted by Crippen LogP contribution is 2.31. The molecule has 0 radical (unpaired) electrons. The van der Waals surface area contributed by atoms with Crippen molar-refractivity contribution < 1.29 is 9.47 Å². The lowest BCUT2D eigenvalue weighted by Crippen LogP contribution is -2.37. The van der Waals surface area contributed by atoms with Crippen molar-refractivity contribution >= 4 is 0 Å². The van der Waals surface area contributed by atoms with Crippen LogP contribution in [0.15, 0.2) is 18.2 Å². The lowest BCUT2D eigenvalue weighted by molar-refractivity contribution is 0.238. The van der Waals surface area contributed by atoms with E-state index in [0.717, 1.165) is 24.6 Å². The van der Waals surface area contributed by atoms with Crippen LogP contribution in [0.5, 0.6) is 11.5 Å². The number of nitrogens with one attached hydrogen (secondary N) is 1. The topological polar surface area (TPSA) is 33.7 Å². The smallest absolute Gasteiger partial charge is 0.161 e. The molecule has 4 heteroatoms. The van der Waals surface area contributed by atoms with E-state index in [1.807, 2.05) is 6.07 Å². The van der Waals surface area contributed by atoms with E-state index in [0.29, 0.717) is 12.1 Å². The molecule has 1 aromatic carbocycles. The summed E-state index contributed by atoms with van der Waals surface area (Å²) in [7, 11) is 3.36. The van der Waals surface area contributed by atoms with Gasteiger partial charge in [0.15, 0.2) is 11.5 Å². The molecule has 0 saturated carbocycles. The molecule has 1 heterocycles. The first-order valence-corrected chi connectivity index (χ1v) is 7.89. The van der Waals surface area contributed by atoms with Gasteiger partial charge >= 0.3 is 0 Å². The third-order valence-electron chi connectivity index (χ3n) is 4.37. The monoisotopic (exact) mass is 292 g/mol. The molecular formula is C17H28N2O2. The van der Waals surface area contributed by atoms with Crippen LogP contribution in [0.2, 0.25) is 0 Å². The molecule has 2 rings (SSSR count). The number of nitrogens with zero attached hydrogens (tertiary/aromatic N) is 1. The second kappa shape index (κ2) is 7.66. The molecule has 0 aromatic heterocycles. The van der Waals surface area contributed by atoms with Gasteiger partial charge in [0.25, 0.3) is 0 Å². The first kappa shape index (κ1) is 16.1. The third-order valence-corrected chi connectivity index (χ3v) is 4.37. The molecule has 1 aromatic rings. The highest BCUT2D eigenvalue weighted by Gasteiger charge is 2.24. The van der Waals surface area contributed by atoms with Crippen molar-refractivity contribution in [1.29, 1.82) is 0 Å². The summed E-state index contributed by atoms with van der Waals surface area (Å²) in [5.41, 5.74) is 1.26. The minimum atomic E-state index is 0.329. The molecule has 118 valence electrons. The SMILES string of the molecule is CCNC(CN1CCCC1C)c1ccc(OC)c(OC)c1. The molecule has 1 aliphatic rings. The maximum absolute atomic E-state index is 5.43. The molecule has 1 aliphatic heterocycles. The second-order valence-corrected chi connectivity index (χ2v) is 5.71. The molecular weight excluding hydrogens is 264 g/mol. The number of rotatable bonds is 7. The van der Waals surface area contributed by atoms with Crippen molar-refractivity contribution in [3.8, 4) is 11.5 Å². The number of benzene rings is 1. The normalized spacial score (nSPS) is 20.5. The van der Waals surface area contributed by atoms with Gasteiger partial charge in [0.05, 0.1) is 14.2 Å². The van der Waals surface area contributed by atoms with Crippen molar-refractivity contribution in [2.24, 2.45) is 0 Å². The summed E-state index contributed by atoms with van der Waals surface area (Å²) in [4.78, 5) is 2.57. The number of methoxy groups -OCH3 is 2. The molecule has 0 aliphatic carbocycles. The van der Waals surface area contributed by atoms with E-state index in [1.54, 1.807) is 14.2 Å². The lowest BCUT2D eigenvalue weighted by atomic mass is 10.0. The maximum atomic E-state index is 5.43. The van der Waals surface area contributed by atoms with Gasteiger partial charge in [0.1, 0.15) is 0 Å². The van der Waals surface area contributed by atoms with Crippen LogP contribution in [0, 0.1) is 0 Å². The lowest BCUT2D eigenvalue weighted by Gasteiger charge is -2.28. The Morgan fingerprint density at radius 3 is 2.62 bits per heavy atom. The highest BCUT2D eigenvalue weighted by molar-refractivity contribution is 5.43. The zero-order chi connectivity index (χ0) is 15.2. The van der Waals surface area contributed by atoms with E-state index >= 15 is 0 Å². The molecule has 1 fully saturated rings. The van der Waals surface area contributed by atoms with Gasteiger partial charge in [0, 0.05) is 18.6 Å². The Kier molecular flexibility index (Phi) is 5.88. The van der Waals surface area contributed by atoms with E-state index < -0.39 is 0 Å². The van der Waals surface area contributed by atoms with Crippen molar-refractivity contribution in [2.45, 2.75) is 38.8 Å². The summed E-state index contributed by atoms with van der Waals surface area (Å²) < 4.78 is 10.8. The fraction of sp³-hybridized carbons (Fsp3) is 0.647. The molecule has 0 bridgehead atoms. The zero-order valence-electron chi connectivity index (χ0n) is 13.7. The van der Waals surface area contributed by atoms with E-state index in [9.17, 15) is 0 Å². The van der Waals surface area contributed by atoms with Crippen LogP contribution in [-0.2, 0) is 0 Å². The summed E-state index contributed by atoms with van der Waals surface area (Å²) in [5.74, 6) is 1.58. The molecule has 21 heavy (non-hydrogen) atoms. The highest BCUT2D eigenvalue weighted by atomic mass is 16.5. The predicted molar refractivity (Wildman–Crippen MR) is 86.2 cm³/mol. The average Bonchev–Trinajstić information content (AvgIpc) is 2.91. The quantitative estimate of drug-likeness (QED) is 0.838. The molecule has 0 amide bonds. The zero-order valence-corrected chi connectivity index (χ0v) is 13.7. The predicted octanol–water partition coefficient (Wildman–Crippen LogP) is 2.84. The summed E-state index contributed by atoms with van der Waals surface area (Å²) in [6.45, 7) is 7.69. The van der Waals surface area contributed by atoms with Crippen LogP contribution < -0.4 is 14.8 Å². The van der Waals surface area contributed by atoms with Gasteiger partial charge in [-0.25, -0.2) is 0 Å². The number of ether oxygens (including phenoxy) is 2. The molecule has 0 spiro atoms. The van der Waals surface area contributed by atoms with E-state index in [1.165, 1.54) is 24.9 Å². The first-order valence-electron chi connectivity index (χ1n) is 7.89. The number of hydrogen-bond donors (Lipinski definition) is 1. The maximum Gasteiger partial charge on any atom is 0.161 e. The van der Waals surface area contributed by atoms with Crippen molar-refractivity contribution in [1.82, 2.24) is 10.2 Å². The first-order chi connectivity index (χ1) is 10.2. The number of likely N-dealkylation sites (N-methyl/N-ethyl adjacent to an activating group) is 1. The van der Waals surface area contributed by atoms with Crippen molar-refractivity contribution in [3.63, 3.8) is 0 Å². The summed E-state index contributed by atoms with van der Waals surface area (Å²) >= 11 is 0. The minimum absolute atomic E-state index is 0.329. The van der Waals surface area contributed by atoms with Crippen LogP contribution in [0.4, 0.5) is 0 Å². The molecule has 1 N–H and O–H groups in total. The van der Waals surface area contributed by atoms with Crippen LogP contribution in [-0.4, -0.2) is 44.8 Å². The second-order valence-electron chi connectivity index (χ2n) is 5.71. The van der Waals surface area contributed by atoms with E-state index in [2.05, 4.69) is 36.2 Å².